The van der Waals surface area contributed by atoms with Crippen LogP contribution in [0.2, 0.25) is 0 Å². The minimum Gasteiger partial charge on any atom is -0.467 e. The number of carbonyl (C=O) groups excluding carboxylic acids is 4. The maximum atomic E-state index is 13.8. The van der Waals surface area contributed by atoms with E-state index < -0.39 is 120 Å². The molecule has 15 atom stereocenters. The highest BCUT2D eigenvalue weighted by Gasteiger charge is 2.85. The van der Waals surface area contributed by atoms with E-state index >= 15 is 0 Å². The molecule has 6 aliphatic rings. The monoisotopic (exact) mass is 642 g/mol. The molecule has 3 aliphatic heterocycles. The molecule has 0 radical (unpaired) electrons. The Kier molecular flexibility index (Phi) is 7.64. The Balaban J connectivity index is 1.45. The predicted molar refractivity (Wildman–Crippen MR) is 141 cm³/mol. The van der Waals surface area contributed by atoms with Crippen molar-refractivity contribution in [1.29, 1.82) is 0 Å². The van der Waals surface area contributed by atoms with Gasteiger partial charge < -0.3 is 59.1 Å². The Morgan fingerprint density at radius 1 is 1.02 bits per heavy atom. The van der Waals surface area contributed by atoms with Crippen LogP contribution in [0.3, 0.4) is 0 Å². The van der Waals surface area contributed by atoms with Gasteiger partial charge in [-0.05, 0) is 30.3 Å². The Bertz CT molecular complexity index is 1330. The Labute approximate surface area is 256 Å². The second-order valence-electron chi connectivity index (χ2n) is 13.3. The van der Waals surface area contributed by atoms with Gasteiger partial charge in [-0.2, -0.15) is 0 Å². The van der Waals surface area contributed by atoms with E-state index in [2.05, 4.69) is 0 Å². The predicted octanol–water partition coefficient (Wildman–Crippen LogP) is -3.17. The largest absolute Gasteiger partial charge is 0.467 e. The van der Waals surface area contributed by atoms with Crippen molar-refractivity contribution in [2.45, 2.75) is 94.3 Å². The lowest BCUT2D eigenvalue weighted by Gasteiger charge is -2.67. The number of ketones is 1. The quantitative estimate of drug-likeness (QED) is 0.128. The summed E-state index contributed by atoms with van der Waals surface area (Å²) in [6, 6.07) is 0. The van der Waals surface area contributed by atoms with Gasteiger partial charge in [-0.25, -0.2) is 9.59 Å². The Morgan fingerprint density at radius 3 is 2.33 bits per heavy atom. The first-order valence-corrected chi connectivity index (χ1v) is 14.8. The molecule has 6 rings (SSSR count). The van der Waals surface area contributed by atoms with Crippen LogP contribution in [-0.4, -0.2) is 135 Å². The highest BCUT2D eigenvalue weighted by molar-refractivity contribution is 5.96. The number of carbonyl (C=O) groups is 4. The number of hydrogen-bond donors (Lipinski definition) is 6. The standard InChI is InChI=1S/C29H38O16/c1-9-11-5-14-28-8-41-29(26(39)40-4,22(28)20(24(38)44-14)42-10(2)31)23(37)18(36)21(28)27(11,3)6-12(32)19(9)45-25-17(35)16(34)15(33)13(7-30)43-25/h11,13-18,20-23,25,30,33-37H,5-8H2,1-4H3/t11-,13+,14+,15+,16-,17+,18+,20+,21+,22+,23-,25-,27-,28+,29+/m0/s1. The van der Waals surface area contributed by atoms with Crippen molar-refractivity contribution in [3.8, 4) is 0 Å². The van der Waals surface area contributed by atoms with Crippen LogP contribution in [0.15, 0.2) is 11.3 Å². The average Bonchev–Trinajstić information content (AvgIpc) is 3.29. The third kappa shape index (κ3) is 4.06. The first-order chi connectivity index (χ1) is 21.1. The molecule has 250 valence electrons. The molecule has 5 fully saturated rings. The number of aliphatic hydroxyl groups excluding tert-OH is 6. The number of aliphatic hydroxyl groups is 6. The average molecular weight is 643 g/mol. The molecule has 3 saturated heterocycles. The minimum absolute atomic E-state index is 0.0477. The van der Waals surface area contributed by atoms with E-state index in [-0.39, 0.29) is 25.2 Å². The van der Waals surface area contributed by atoms with Gasteiger partial charge in [0.2, 0.25) is 18.0 Å². The topological polar surface area (TPSA) is 245 Å². The van der Waals surface area contributed by atoms with Crippen molar-refractivity contribution in [3.63, 3.8) is 0 Å². The number of Topliss-reactive ketones (excluding diaryl/α,β-unsaturated/α-hetero) is 1. The zero-order valence-corrected chi connectivity index (χ0v) is 25.0. The van der Waals surface area contributed by atoms with Crippen LogP contribution in [0.4, 0.5) is 0 Å². The first-order valence-electron chi connectivity index (χ1n) is 14.8. The summed E-state index contributed by atoms with van der Waals surface area (Å²) in [7, 11) is 1.05. The van der Waals surface area contributed by atoms with Crippen LogP contribution >= 0.6 is 0 Å². The van der Waals surface area contributed by atoms with Crippen molar-refractivity contribution in [3.05, 3.63) is 11.3 Å². The van der Waals surface area contributed by atoms with Crippen molar-refractivity contribution in [2.24, 2.45) is 28.6 Å². The molecule has 0 aromatic heterocycles. The van der Waals surface area contributed by atoms with Crippen LogP contribution in [0.5, 0.6) is 0 Å². The van der Waals surface area contributed by atoms with Crippen LogP contribution in [0, 0.1) is 28.6 Å². The highest BCUT2D eigenvalue weighted by atomic mass is 16.7. The fraction of sp³-hybridized carbons (Fsp3) is 0.793. The van der Waals surface area contributed by atoms with Gasteiger partial charge in [0, 0.05) is 24.7 Å². The Hall–Kier alpha value is -2.70. The molecule has 3 heterocycles. The van der Waals surface area contributed by atoms with Crippen molar-refractivity contribution >= 4 is 23.7 Å². The lowest BCUT2D eigenvalue weighted by Crippen LogP contribution is -2.79. The van der Waals surface area contributed by atoms with Gasteiger partial charge in [-0.1, -0.05) is 6.92 Å². The summed E-state index contributed by atoms with van der Waals surface area (Å²) in [6.07, 6.45) is -14.7. The van der Waals surface area contributed by atoms with Crippen LogP contribution in [-0.2, 0) is 47.6 Å². The molecule has 45 heavy (non-hydrogen) atoms. The van der Waals surface area contributed by atoms with E-state index in [1.165, 1.54) is 0 Å². The molecule has 6 N–H and O–H groups in total. The van der Waals surface area contributed by atoms with E-state index in [4.69, 9.17) is 28.4 Å². The summed E-state index contributed by atoms with van der Waals surface area (Å²) in [5, 5.41) is 63.9. The van der Waals surface area contributed by atoms with E-state index in [1.54, 1.807) is 13.8 Å². The molecule has 16 nitrogen and oxygen atoms in total. The normalized spacial score (nSPS) is 50.3. The summed E-state index contributed by atoms with van der Waals surface area (Å²) >= 11 is 0. The second-order valence-corrected chi connectivity index (χ2v) is 13.3. The van der Waals surface area contributed by atoms with Gasteiger partial charge >= 0.3 is 17.9 Å². The third-order valence-corrected chi connectivity index (χ3v) is 11.2. The maximum Gasteiger partial charge on any atom is 0.348 e. The third-order valence-electron chi connectivity index (χ3n) is 11.2. The summed E-state index contributed by atoms with van der Waals surface area (Å²) in [5.41, 5.74) is -4.52. The molecule has 2 bridgehead atoms. The maximum absolute atomic E-state index is 13.8. The highest BCUT2D eigenvalue weighted by Crippen LogP contribution is 2.73. The van der Waals surface area contributed by atoms with Gasteiger partial charge in [0.15, 0.2) is 11.5 Å². The summed E-state index contributed by atoms with van der Waals surface area (Å²) < 4.78 is 33.6. The van der Waals surface area contributed by atoms with Gasteiger partial charge in [-0.15, -0.1) is 0 Å². The smallest absolute Gasteiger partial charge is 0.348 e. The fourth-order valence-corrected chi connectivity index (χ4v) is 9.46. The SMILES string of the molecule is COC(=O)[C@]12OC[C@]34[C@H]([C@@H](O)[C@@H]1O)[C@@]1(C)CC(=O)C(O[C@@H]5O[C@H](CO)[C@@H](O)[C@H](O)[C@H]5O)=C(C)[C@@H]1C[C@H]3OC(=O)[C@H](OC(C)=O)[C@@H]24. The molecule has 0 amide bonds. The van der Waals surface area contributed by atoms with Crippen molar-refractivity contribution < 1.29 is 78.2 Å². The first kappa shape index (κ1) is 32.2. The zero-order valence-electron chi connectivity index (χ0n) is 25.0. The fourth-order valence-electron chi connectivity index (χ4n) is 9.46. The van der Waals surface area contributed by atoms with E-state index in [0.29, 0.717) is 5.57 Å². The molecule has 3 aliphatic carbocycles. The molecule has 0 aromatic rings. The molecule has 0 unspecified atom stereocenters. The van der Waals surface area contributed by atoms with Gasteiger partial charge in [0.05, 0.1) is 32.3 Å². The van der Waals surface area contributed by atoms with E-state index in [1.807, 2.05) is 0 Å². The zero-order chi connectivity index (χ0) is 33.0. The number of methoxy groups -OCH3 is 1. The van der Waals surface area contributed by atoms with Crippen LogP contribution < -0.4 is 0 Å². The molecule has 0 aromatic carbocycles. The number of allylic oxidation sites excluding steroid dienone is 2. The minimum atomic E-state index is -2.29. The molecule has 16 heteroatoms. The van der Waals surface area contributed by atoms with Gasteiger partial charge in [0.25, 0.3) is 0 Å². The number of rotatable bonds is 5. The van der Waals surface area contributed by atoms with Crippen LogP contribution in [0.25, 0.3) is 0 Å². The second kappa shape index (κ2) is 10.7. The van der Waals surface area contributed by atoms with Gasteiger partial charge in [-0.3, -0.25) is 9.59 Å². The molecular weight excluding hydrogens is 604 g/mol. The summed E-state index contributed by atoms with van der Waals surface area (Å²) in [4.78, 5) is 52.8. The lowest BCUT2D eigenvalue weighted by molar-refractivity contribution is -0.296. The van der Waals surface area contributed by atoms with E-state index in [0.717, 1.165) is 14.0 Å². The Morgan fingerprint density at radius 2 is 1.71 bits per heavy atom. The number of fused-ring (bicyclic) bond motifs is 2. The van der Waals surface area contributed by atoms with Crippen molar-refractivity contribution in [1.82, 2.24) is 0 Å². The van der Waals surface area contributed by atoms with E-state index in [9.17, 15) is 49.8 Å². The summed E-state index contributed by atoms with van der Waals surface area (Å²) in [5.74, 6) is -6.73. The lowest BCUT2D eigenvalue weighted by atomic mass is 9.38. The molecule has 2 saturated carbocycles. The molecular formula is C29H38O16. The number of ether oxygens (including phenoxy) is 6. The van der Waals surface area contributed by atoms with Gasteiger partial charge in [0.1, 0.15) is 36.6 Å². The number of hydrogen-bond acceptors (Lipinski definition) is 16. The van der Waals surface area contributed by atoms with Crippen molar-refractivity contribution in [2.75, 3.05) is 20.3 Å². The molecule has 1 spiro atoms. The van der Waals surface area contributed by atoms with Crippen LogP contribution in [0.1, 0.15) is 33.6 Å². The number of esters is 3. The summed E-state index contributed by atoms with van der Waals surface area (Å²) in [6.45, 7) is 3.37.